The Morgan fingerprint density at radius 3 is 2.42 bits per heavy atom. The van der Waals surface area contributed by atoms with Crippen LogP contribution < -0.4 is 10.0 Å². The van der Waals surface area contributed by atoms with E-state index in [2.05, 4.69) is 73.8 Å². The Balaban J connectivity index is 1.66. The van der Waals surface area contributed by atoms with Crippen LogP contribution in [0.1, 0.15) is 20.8 Å². The lowest BCUT2D eigenvalue weighted by molar-refractivity contribution is 0.100. The van der Waals surface area contributed by atoms with E-state index in [9.17, 15) is 15.0 Å². The molecular formula is C34H24N3O3PS2. The fourth-order valence-electron chi connectivity index (χ4n) is 5.15. The van der Waals surface area contributed by atoms with Crippen molar-refractivity contribution in [3.05, 3.63) is 117 Å². The van der Waals surface area contributed by atoms with E-state index in [4.69, 9.17) is 4.74 Å². The van der Waals surface area contributed by atoms with Gasteiger partial charge >= 0.3 is 5.91 Å². The number of fused-ring (bicyclic) bond motifs is 1. The Kier molecular flexibility index (Phi) is 7.96. The van der Waals surface area contributed by atoms with Crippen LogP contribution in [0.4, 0.5) is 0 Å². The molecule has 6 aromatic rings. The Morgan fingerprint density at radius 2 is 1.72 bits per heavy atom. The molecule has 0 aliphatic carbocycles. The average Bonchev–Trinajstić information content (AvgIpc) is 3.63. The van der Waals surface area contributed by atoms with Gasteiger partial charge in [0.15, 0.2) is 0 Å². The predicted octanol–water partition coefficient (Wildman–Crippen LogP) is 8.85. The largest absolute Gasteiger partial charge is 0.494 e. The van der Waals surface area contributed by atoms with Gasteiger partial charge in [-0.2, -0.15) is 5.26 Å². The van der Waals surface area contributed by atoms with E-state index in [0.717, 1.165) is 60.4 Å². The number of hydrogen-bond donors (Lipinski definition) is 0. The Hall–Kier alpha value is -4.54. The number of amides is 1. The number of rotatable bonds is 7. The molecule has 6 nitrogen and oxygen atoms in total. The second-order valence-corrected chi connectivity index (χ2v) is 12.5. The predicted molar refractivity (Wildman–Crippen MR) is 179 cm³/mol. The van der Waals surface area contributed by atoms with Gasteiger partial charge in [0.2, 0.25) is 0 Å². The lowest BCUT2D eigenvalue weighted by Gasteiger charge is -2.14. The summed E-state index contributed by atoms with van der Waals surface area (Å²) < 4.78 is 8.15. The topological polar surface area (TPSA) is 84.4 Å². The van der Waals surface area contributed by atoms with Crippen LogP contribution in [0.3, 0.4) is 0 Å². The molecule has 0 spiro atoms. The van der Waals surface area contributed by atoms with E-state index in [-0.39, 0.29) is 5.56 Å². The van der Waals surface area contributed by atoms with Gasteiger partial charge < -0.3 is 4.74 Å². The highest BCUT2D eigenvalue weighted by Crippen LogP contribution is 2.49. The van der Waals surface area contributed by atoms with Gasteiger partial charge in [-0.3, -0.25) is 8.77 Å². The van der Waals surface area contributed by atoms with E-state index < -0.39 is 5.91 Å². The first-order chi connectivity index (χ1) is 20.9. The van der Waals surface area contributed by atoms with Gasteiger partial charge in [-0.15, -0.1) is 25.5 Å². The van der Waals surface area contributed by atoms with E-state index in [0.29, 0.717) is 4.88 Å². The second-order valence-electron chi connectivity index (χ2n) is 9.87. The van der Waals surface area contributed by atoms with Gasteiger partial charge in [0, 0.05) is 37.7 Å². The molecule has 0 aliphatic heterocycles. The fourth-order valence-corrected chi connectivity index (χ4v) is 7.20. The highest BCUT2D eigenvalue weighted by Gasteiger charge is 2.26. The molecule has 1 atom stereocenters. The summed E-state index contributed by atoms with van der Waals surface area (Å²) in [7, 11) is 4.44. The van der Waals surface area contributed by atoms with Crippen LogP contribution in [-0.4, -0.2) is 17.0 Å². The van der Waals surface area contributed by atoms with Crippen molar-refractivity contribution in [2.75, 3.05) is 7.11 Å². The molecular weight excluding hydrogens is 594 g/mol. The van der Waals surface area contributed by atoms with E-state index in [1.807, 2.05) is 41.8 Å². The first-order valence-corrected chi connectivity index (χ1v) is 15.5. The van der Waals surface area contributed by atoms with Crippen molar-refractivity contribution in [3.8, 4) is 45.3 Å². The molecule has 0 saturated carbocycles. The molecule has 2 heterocycles. The SMILES string of the molecule is COc1cc(P)cc2c(-c3ccsc3C#N)c(-c3cccc(-c4ccc(C(=O)N=O)cc4)c3)n(Sc3ccc(C)cc3)c12. The van der Waals surface area contributed by atoms with Crippen molar-refractivity contribution < 1.29 is 9.53 Å². The van der Waals surface area contributed by atoms with Gasteiger partial charge in [0.1, 0.15) is 22.2 Å². The van der Waals surface area contributed by atoms with Crippen LogP contribution in [0.25, 0.3) is 44.4 Å². The maximum atomic E-state index is 11.8. The first-order valence-electron chi connectivity index (χ1n) is 13.2. The lowest BCUT2D eigenvalue weighted by atomic mass is 9.96. The molecule has 1 amide bonds. The molecule has 43 heavy (non-hydrogen) atoms. The summed E-state index contributed by atoms with van der Waals surface area (Å²) in [6.45, 7) is 2.07. The maximum Gasteiger partial charge on any atom is 0.316 e. The van der Waals surface area contributed by atoms with Gasteiger partial charge in [-0.25, -0.2) is 0 Å². The standard InChI is InChI=1S/C34H24N3O3PS2/c1-20-6-12-26(13-7-20)43-37-32(24-5-3-4-23(16-24)21-8-10-22(11-9-21)34(38)36-39)31(27-14-15-42-30(27)19-35)28-17-25(41)18-29(40-2)33(28)37/h3-18H,41H2,1-2H3. The number of aryl methyl sites for hydroxylation is 1. The Morgan fingerprint density at radius 1 is 0.977 bits per heavy atom. The quantitative estimate of drug-likeness (QED) is 0.132. The van der Waals surface area contributed by atoms with Crippen molar-refractivity contribution in [1.29, 1.82) is 5.26 Å². The second kappa shape index (κ2) is 12.0. The molecule has 0 bridgehead atoms. The number of carbonyl (C=O) groups is 1. The monoisotopic (exact) mass is 617 g/mol. The summed E-state index contributed by atoms with van der Waals surface area (Å²) in [5.74, 6) is -0.0717. The summed E-state index contributed by atoms with van der Waals surface area (Å²) in [4.78, 5) is 24.2. The van der Waals surface area contributed by atoms with Crippen LogP contribution in [0.2, 0.25) is 0 Å². The van der Waals surface area contributed by atoms with E-state index in [1.54, 1.807) is 31.2 Å². The molecule has 1 unspecified atom stereocenters. The maximum absolute atomic E-state index is 11.8. The number of nitriles is 1. The van der Waals surface area contributed by atoms with Crippen LogP contribution in [-0.2, 0) is 0 Å². The molecule has 0 N–H and O–H groups in total. The first kappa shape index (κ1) is 28.6. The zero-order chi connectivity index (χ0) is 30.1. The van der Waals surface area contributed by atoms with Crippen LogP contribution in [0, 0.1) is 23.2 Å². The highest BCUT2D eigenvalue weighted by atomic mass is 32.2. The van der Waals surface area contributed by atoms with Crippen LogP contribution in [0.5, 0.6) is 5.75 Å². The van der Waals surface area contributed by atoms with Crippen molar-refractivity contribution in [2.45, 2.75) is 11.8 Å². The fraction of sp³-hybridized carbons (Fsp3) is 0.0588. The number of benzene rings is 4. The van der Waals surface area contributed by atoms with Gasteiger partial charge in [-0.1, -0.05) is 48.0 Å². The number of aromatic nitrogens is 1. The van der Waals surface area contributed by atoms with Crippen molar-refractivity contribution >= 4 is 54.6 Å². The number of thiophene rings is 1. The summed E-state index contributed by atoms with van der Waals surface area (Å²) in [6.07, 6.45) is 0. The molecule has 0 saturated heterocycles. The normalized spacial score (nSPS) is 10.9. The zero-order valence-corrected chi connectivity index (χ0v) is 26.0. The van der Waals surface area contributed by atoms with Crippen LogP contribution in [0.15, 0.2) is 106 Å². The smallest absolute Gasteiger partial charge is 0.316 e. The zero-order valence-electron chi connectivity index (χ0n) is 23.2. The molecule has 9 heteroatoms. The molecule has 6 rings (SSSR count). The minimum atomic E-state index is -0.797. The van der Waals surface area contributed by atoms with Crippen molar-refractivity contribution in [3.63, 3.8) is 0 Å². The average molecular weight is 618 g/mol. The lowest BCUT2D eigenvalue weighted by Crippen LogP contribution is -1.97. The third-order valence-electron chi connectivity index (χ3n) is 7.17. The summed E-state index contributed by atoms with van der Waals surface area (Å²) in [6, 6.07) is 31.9. The minimum Gasteiger partial charge on any atom is -0.494 e. The molecule has 2 aromatic heterocycles. The summed E-state index contributed by atoms with van der Waals surface area (Å²) >= 11 is 3.02. The van der Waals surface area contributed by atoms with Gasteiger partial charge in [0.05, 0.1) is 12.8 Å². The van der Waals surface area contributed by atoms with Gasteiger partial charge in [0.25, 0.3) is 0 Å². The summed E-state index contributed by atoms with van der Waals surface area (Å²) in [5.41, 5.74) is 7.84. The minimum absolute atomic E-state index is 0.244. The number of ether oxygens (including phenoxy) is 1. The molecule has 0 aliphatic rings. The highest BCUT2D eigenvalue weighted by molar-refractivity contribution is 7.98. The van der Waals surface area contributed by atoms with Crippen molar-refractivity contribution in [1.82, 2.24) is 3.97 Å². The Bertz CT molecular complexity index is 2060. The van der Waals surface area contributed by atoms with Crippen molar-refractivity contribution in [2.24, 2.45) is 5.18 Å². The summed E-state index contributed by atoms with van der Waals surface area (Å²) in [5, 5.41) is 16.5. The van der Waals surface area contributed by atoms with Crippen LogP contribution >= 0.6 is 32.5 Å². The van der Waals surface area contributed by atoms with E-state index in [1.165, 1.54) is 16.9 Å². The molecule has 4 aromatic carbocycles. The molecule has 0 radical (unpaired) electrons. The number of hydrogen-bond acceptors (Lipinski definition) is 6. The number of nitrogens with zero attached hydrogens (tertiary/aromatic N) is 3. The van der Waals surface area contributed by atoms with E-state index >= 15 is 0 Å². The Labute approximate surface area is 259 Å². The van der Waals surface area contributed by atoms with Gasteiger partial charge in [-0.05, 0) is 89.2 Å². The number of methoxy groups -OCH3 is 1. The molecule has 210 valence electrons. The molecule has 0 fully saturated rings. The number of carbonyl (C=O) groups excluding carboxylic acids is 1. The number of nitroso groups, excluding NO2 is 1. The third-order valence-corrected chi connectivity index (χ3v) is 9.35. The third kappa shape index (κ3) is 5.39.